The fraction of sp³-hybridized carbons (Fsp3) is 0.213. The largest absolute Gasteiger partial charge is 0.509 e. The molecule has 0 aliphatic carbocycles. The molecule has 0 radical (unpaired) electrons. The third-order valence-electron chi connectivity index (χ3n) is 13.1. The number of hydrogen-bond acceptors (Lipinski definition) is 12. The molecule has 12 nitrogen and oxygen atoms in total. The highest BCUT2D eigenvalue weighted by molar-refractivity contribution is 5.88. The van der Waals surface area contributed by atoms with E-state index in [1.54, 1.807) is 0 Å². The minimum atomic E-state index is -2.37. The Kier molecular flexibility index (Phi) is 15.2. The van der Waals surface area contributed by atoms with Crippen molar-refractivity contribution in [2.24, 2.45) is 0 Å². The van der Waals surface area contributed by atoms with E-state index in [-0.39, 0.29) is 39.6 Å². The molecule has 1 saturated heterocycles. The van der Waals surface area contributed by atoms with Gasteiger partial charge in [0.1, 0.15) is 0 Å². The molecule has 1 aliphatic heterocycles. The topological polar surface area (TPSA) is 142 Å². The molecule has 9 rings (SSSR count). The predicted molar refractivity (Wildman–Crippen MR) is 278 cm³/mol. The van der Waals surface area contributed by atoms with Crippen LogP contribution in [0, 0.1) is 0 Å². The van der Waals surface area contributed by atoms with Gasteiger partial charge in [-0.05, 0) is 93.0 Å². The Morgan fingerprint density at radius 2 is 0.685 bits per heavy atom. The molecule has 12 heteroatoms. The summed E-state index contributed by atoms with van der Waals surface area (Å²) in [4.78, 5) is 53.7. The Morgan fingerprint density at radius 3 is 0.973 bits per heavy atom. The highest BCUT2D eigenvalue weighted by Gasteiger charge is 2.75. The van der Waals surface area contributed by atoms with Gasteiger partial charge < -0.3 is 37.9 Å². The monoisotopic (exact) mass is 978 g/mol. The SMILES string of the molecule is C=CC(=O)OCCCCOC(=O)OC(c1ccc2ccccc2c1)(c1ccc2ccccc2c1)C1(C(OC(=O)OCCCCOC(=O)C=C)(c2ccc3ccccc3c2)c2ccc3ccccc3c2)OCCO1. The van der Waals surface area contributed by atoms with E-state index in [4.69, 9.17) is 37.9 Å². The summed E-state index contributed by atoms with van der Waals surface area (Å²) < 4.78 is 51.2. The first-order valence-corrected chi connectivity index (χ1v) is 24.2. The number of carbonyl (C=O) groups excluding carboxylic acids is 4. The molecule has 8 aromatic carbocycles. The molecule has 0 saturated carbocycles. The van der Waals surface area contributed by atoms with Gasteiger partial charge in [0.05, 0.1) is 39.6 Å². The minimum absolute atomic E-state index is 0.0461. The highest BCUT2D eigenvalue weighted by Crippen LogP contribution is 2.61. The van der Waals surface area contributed by atoms with Crippen LogP contribution in [0.2, 0.25) is 0 Å². The van der Waals surface area contributed by atoms with E-state index in [0.29, 0.717) is 47.9 Å². The van der Waals surface area contributed by atoms with E-state index in [1.807, 2.05) is 170 Å². The molecule has 8 aromatic rings. The summed E-state index contributed by atoms with van der Waals surface area (Å²) in [6, 6.07) is 54.0. The van der Waals surface area contributed by atoms with E-state index in [2.05, 4.69) is 13.2 Å². The molecule has 1 aliphatic rings. The van der Waals surface area contributed by atoms with E-state index in [1.165, 1.54) is 0 Å². The molecule has 0 bridgehead atoms. The molecule has 0 spiro atoms. The van der Waals surface area contributed by atoms with Gasteiger partial charge in [0, 0.05) is 34.4 Å². The van der Waals surface area contributed by atoms with Crippen molar-refractivity contribution in [3.8, 4) is 0 Å². The van der Waals surface area contributed by atoms with Gasteiger partial charge in [0.15, 0.2) is 0 Å². The number of fused-ring (bicyclic) bond motifs is 4. The first kappa shape index (κ1) is 49.7. The summed E-state index contributed by atoms with van der Waals surface area (Å²) in [5.41, 5.74) is -2.86. The number of hydrogen-bond donors (Lipinski definition) is 0. The van der Waals surface area contributed by atoms with Crippen LogP contribution < -0.4 is 0 Å². The van der Waals surface area contributed by atoms with E-state index in [0.717, 1.165) is 55.2 Å². The maximum atomic E-state index is 15.1. The Balaban J connectivity index is 1.32. The molecule has 370 valence electrons. The molecule has 0 amide bonds. The zero-order chi connectivity index (χ0) is 50.7. The standard InChI is InChI=1S/C61H54O12/c1-3-55(62)66-33-13-15-35-68-57(64)72-59(51-29-25-43-17-5-9-21-47(43)39-51,52-30-26-44-18-6-10-22-48(44)40-52)61(70-37-38-71-61)60(53-31-27-45-19-7-11-23-49(45)41-53,54-32-28-46-20-8-12-24-50(46)42-54)73-58(65)69-36-16-14-34-67-56(63)4-2/h3-12,17-32,39-42H,1-2,13-16,33-38H2. The van der Waals surface area contributed by atoms with Gasteiger partial charge >= 0.3 is 24.2 Å². The fourth-order valence-electron chi connectivity index (χ4n) is 9.66. The van der Waals surface area contributed by atoms with Crippen LogP contribution in [0.25, 0.3) is 43.1 Å². The van der Waals surface area contributed by atoms with Gasteiger partial charge in [0.2, 0.25) is 11.2 Å². The number of benzene rings is 8. The number of carbonyl (C=O) groups is 4. The van der Waals surface area contributed by atoms with Crippen molar-refractivity contribution >= 4 is 67.3 Å². The number of rotatable bonds is 20. The lowest BCUT2D eigenvalue weighted by atomic mass is 9.65. The lowest BCUT2D eigenvalue weighted by Crippen LogP contribution is -2.68. The number of esters is 2. The average Bonchev–Trinajstić information content (AvgIpc) is 3.94. The quantitative estimate of drug-likeness (QED) is 0.0310. The number of ether oxygens (including phenoxy) is 8. The molecule has 1 fully saturated rings. The first-order chi connectivity index (χ1) is 35.7. The summed E-state index contributed by atoms with van der Waals surface area (Å²) in [7, 11) is 0. The number of unbranched alkanes of at least 4 members (excludes halogenated alkanes) is 2. The van der Waals surface area contributed by atoms with Crippen LogP contribution in [-0.2, 0) is 58.7 Å². The maximum Gasteiger partial charge on any atom is 0.509 e. The second-order valence-electron chi connectivity index (χ2n) is 17.5. The zero-order valence-corrected chi connectivity index (χ0v) is 40.2. The van der Waals surface area contributed by atoms with Crippen LogP contribution in [0.1, 0.15) is 47.9 Å². The second-order valence-corrected chi connectivity index (χ2v) is 17.5. The smallest absolute Gasteiger partial charge is 0.463 e. The van der Waals surface area contributed by atoms with Crippen molar-refractivity contribution in [1.82, 2.24) is 0 Å². The molecule has 0 atom stereocenters. The lowest BCUT2D eigenvalue weighted by Gasteiger charge is -2.54. The molecule has 1 heterocycles. The van der Waals surface area contributed by atoms with Gasteiger partial charge in [-0.3, -0.25) is 0 Å². The van der Waals surface area contributed by atoms with Crippen molar-refractivity contribution in [3.05, 3.63) is 217 Å². The van der Waals surface area contributed by atoms with Crippen LogP contribution in [0.4, 0.5) is 9.59 Å². The van der Waals surface area contributed by atoms with Gasteiger partial charge in [-0.1, -0.05) is 159 Å². The Bertz CT molecular complexity index is 2940. The van der Waals surface area contributed by atoms with Crippen LogP contribution >= 0.6 is 0 Å². The fourth-order valence-corrected chi connectivity index (χ4v) is 9.66. The van der Waals surface area contributed by atoms with E-state index in [9.17, 15) is 9.59 Å². The maximum absolute atomic E-state index is 15.1. The van der Waals surface area contributed by atoms with Crippen LogP contribution in [0.15, 0.2) is 195 Å². The van der Waals surface area contributed by atoms with Crippen molar-refractivity contribution in [3.63, 3.8) is 0 Å². The molecule has 0 N–H and O–H groups in total. The van der Waals surface area contributed by atoms with Crippen LogP contribution in [-0.4, -0.2) is 69.7 Å². The lowest BCUT2D eigenvalue weighted by molar-refractivity contribution is -0.334. The van der Waals surface area contributed by atoms with Gasteiger partial charge in [0.25, 0.3) is 5.79 Å². The summed E-state index contributed by atoms with van der Waals surface area (Å²) in [6.07, 6.45) is 1.39. The Labute approximate surface area is 422 Å². The van der Waals surface area contributed by atoms with Crippen LogP contribution in [0.3, 0.4) is 0 Å². The van der Waals surface area contributed by atoms with Gasteiger partial charge in [-0.2, -0.15) is 0 Å². The Hall–Kier alpha value is -8.32. The van der Waals surface area contributed by atoms with Crippen molar-refractivity contribution in [1.29, 1.82) is 0 Å². The average molecular weight is 979 g/mol. The first-order valence-electron chi connectivity index (χ1n) is 24.2. The Morgan fingerprint density at radius 1 is 0.411 bits per heavy atom. The molecular formula is C61H54O12. The van der Waals surface area contributed by atoms with E-state index < -0.39 is 41.2 Å². The second kappa shape index (κ2) is 22.4. The molecule has 0 unspecified atom stereocenters. The van der Waals surface area contributed by atoms with Crippen molar-refractivity contribution in [2.75, 3.05) is 39.6 Å². The highest BCUT2D eigenvalue weighted by atomic mass is 16.8. The summed E-state index contributed by atoms with van der Waals surface area (Å²) in [5.74, 6) is -3.49. The third kappa shape index (κ3) is 10.1. The molecular weight excluding hydrogens is 925 g/mol. The summed E-state index contributed by atoms with van der Waals surface area (Å²) >= 11 is 0. The van der Waals surface area contributed by atoms with E-state index >= 15 is 9.59 Å². The van der Waals surface area contributed by atoms with Crippen molar-refractivity contribution in [2.45, 2.75) is 42.7 Å². The van der Waals surface area contributed by atoms with Crippen LogP contribution in [0.5, 0.6) is 0 Å². The summed E-state index contributed by atoms with van der Waals surface area (Å²) in [6.45, 7) is 6.76. The molecule has 73 heavy (non-hydrogen) atoms. The zero-order valence-electron chi connectivity index (χ0n) is 40.2. The van der Waals surface area contributed by atoms with Gasteiger partial charge in [-0.25, -0.2) is 19.2 Å². The molecule has 0 aromatic heterocycles. The normalized spacial score (nSPS) is 13.3. The van der Waals surface area contributed by atoms with Gasteiger partial charge in [-0.15, -0.1) is 0 Å². The predicted octanol–water partition coefficient (Wildman–Crippen LogP) is 12.6. The van der Waals surface area contributed by atoms with Crippen molar-refractivity contribution < 1.29 is 57.1 Å². The summed E-state index contributed by atoms with van der Waals surface area (Å²) in [5, 5.41) is 6.78. The third-order valence-corrected chi connectivity index (χ3v) is 13.1. The minimum Gasteiger partial charge on any atom is -0.463 e.